The molecule has 7 amide bonds. The highest BCUT2D eigenvalue weighted by Gasteiger charge is 2.45. The van der Waals surface area contributed by atoms with E-state index in [2.05, 4.69) is 20.5 Å². The van der Waals surface area contributed by atoms with Crippen molar-refractivity contribution in [3.05, 3.63) is 95.3 Å². The molecule has 1 aromatic heterocycles. The van der Waals surface area contributed by atoms with Crippen LogP contribution < -0.4 is 15.5 Å². The van der Waals surface area contributed by atoms with E-state index in [-0.39, 0.29) is 61.5 Å². The van der Waals surface area contributed by atoms with Crippen LogP contribution in [0.3, 0.4) is 0 Å². The van der Waals surface area contributed by atoms with Gasteiger partial charge in [-0.05, 0) is 85.7 Å². The summed E-state index contributed by atoms with van der Waals surface area (Å²) < 4.78 is 11.3. The quantitative estimate of drug-likeness (QED) is 0.0769. The average molecular weight is 894 g/mol. The number of aromatic nitrogens is 1. The third-order valence-electron chi connectivity index (χ3n) is 12.0. The van der Waals surface area contributed by atoms with E-state index in [1.54, 1.807) is 41.6 Å². The Morgan fingerprint density at radius 2 is 1.61 bits per heavy atom. The van der Waals surface area contributed by atoms with Gasteiger partial charge in [-0.15, -0.1) is 11.8 Å². The van der Waals surface area contributed by atoms with Gasteiger partial charge in [0, 0.05) is 92.6 Å². The summed E-state index contributed by atoms with van der Waals surface area (Å²) in [5, 5.41) is 5.15. The molecule has 0 saturated carbocycles. The Bertz CT molecular complexity index is 2190. The molecular formula is C47H55N7O9S. The number of nitrogens with one attached hydrogen (secondary N) is 2. The number of likely N-dealkylation sites (tertiary alicyclic amines) is 1. The number of fused-ring (bicyclic) bond motifs is 1. The van der Waals surface area contributed by atoms with Crippen LogP contribution in [0.2, 0.25) is 0 Å². The van der Waals surface area contributed by atoms with Crippen molar-refractivity contribution in [1.82, 2.24) is 30.3 Å². The van der Waals surface area contributed by atoms with Crippen molar-refractivity contribution in [2.75, 3.05) is 82.9 Å². The van der Waals surface area contributed by atoms with Gasteiger partial charge in [-0.3, -0.25) is 48.8 Å². The van der Waals surface area contributed by atoms with Gasteiger partial charge >= 0.3 is 0 Å². The molecule has 338 valence electrons. The lowest BCUT2D eigenvalue weighted by Gasteiger charge is -2.36. The molecule has 5 heterocycles. The number of carbonyl (C=O) groups excluding carboxylic acids is 7. The zero-order valence-corrected chi connectivity index (χ0v) is 36.7. The highest BCUT2D eigenvalue weighted by Crippen LogP contribution is 2.34. The number of ether oxygens (including phenoxy) is 2. The summed E-state index contributed by atoms with van der Waals surface area (Å²) in [4.78, 5) is 100. The van der Waals surface area contributed by atoms with Crippen molar-refractivity contribution >= 4 is 64.9 Å². The van der Waals surface area contributed by atoms with E-state index in [0.29, 0.717) is 61.5 Å². The highest BCUT2D eigenvalue weighted by molar-refractivity contribution is 7.99. The van der Waals surface area contributed by atoms with Gasteiger partial charge in [0.15, 0.2) is 0 Å². The number of imide groups is 2. The van der Waals surface area contributed by atoms with Crippen molar-refractivity contribution in [3.8, 4) is 0 Å². The van der Waals surface area contributed by atoms with E-state index >= 15 is 0 Å². The molecule has 64 heavy (non-hydrogen) atoms. The Hall–Kier alpha value is -5.91. The molecule has 4 aliphatic rings. The molecule has 2 N–H and O–H groups in total. The monoisotopic (exact) mass is 893 g/mol. The second kappa shape index (κ2) is 22.6. The third kappa shape index (κ3) is 12.0. The first kappa shape index (κ1) is 46.1. The van der Waals surface area contributed by atoms with Crippen LogP contribution in [0.25, 0.3) is 6.08 Å². The topological polar surface area (TPSA) is 188 Å². The van der Waals surface area contributed by atoms with E-state index in [0.717, 1.165) is 61.3 Å². The van der Waals surface area contributed by atoms with Gasteiger partial charge in [0.25, 0.3) is 17.7 Å². The van der Waals surface area contributed by atoms with Crippen molar-refractivity contribution in [3.63, 3.8) is 0 Å². The molecule has 0 bridgehead atoms. The minimum atomic E-state index is -1.02. The van der Waals surface area contributed by atoms with Crippen LogP contribution in [0, 0.1) is 5.92 Å². The molecule has 3 saturated heterocycles. The maximum Gasteiger partial charge on any atom is 0.263 e. The van der Waals surface area contributed by atoms with Gasteiger partial charge in [0.2, 0.25) is 23.6 Å². The van der Waals surface area contributed by atoms with Crippen LogP contribution in [0.15, 0.2) is 78.0 Å². The molecule has 3 fully saturated rings. The summed E-state index contributed by atoms with van der Waals surface area (Å²) in [7, 11) is 0. The van der Waals surface area contributed by atoms with Gasteiger partial charge in [0.1, 0.15) is 12.6 Å². The lowest BCUT2D eigenvalue weighted by Crippen LogP contribution is -2.54. The standard InChI is InChI=1S/C47H55N7O9S/c55-40(15-9-34-6-4-19-48-31-34)49-20-2-1-5-33-17-21-53(22-18-33)45(59)35-10-12-36(13-11-35)51-23-25-52(26-24-51)42(57)32-63-28-27-62-29-30-64-39-8-3-7-37-43(39)47(61)54(46(37)60)38-14-16-41(56)50-44(38)58/h3-4,6-13,15,19,31,33,38H,1-2,5,14,16-18,20-30,32H2,(H,49,55)(H,50,56,58)/b15-9+. The number of pyridine rings is 1. The molecule has 0 radical (unpaired) electrons. The summed E-state index contributed by atoms with van der Waals surface area (Å²) >= 11 is 1.37. The maximum absolute atomic E-state index is 13.3. The number of anilines is 1. The Kier molecular flexibility index (Phi) is 16.3. The zero-order chi connectivity index (χ0) is 44.8. The predicted octanol–water partition coefficient (Wildman–Crippen LogP) is 3.81. The number of piperidine rings is 2. The highest BCUT2D eigenvalue weighted by atomic mass is 32.2. The molecule has 0 spiro atoms. The van der Waals surface area contributed by atoms with E-state index in [4.69, 9.17) is 9.47 Å². The van der Waals surface area contributed by atoms with E-state index in [1.807, 2.05) is 41.3 Å². The molecule has 1 unspecified atom stereocenters. The van der Waals surface area contributed by atoms with Crippen LogP contribution in [0.4, 0.5) is 5.69 Å². The van der Waals surface area contributed by atoms with Gasteiger partial charge in [0.05, 0.1) is 30.9 Å². The molecule has 3 aromatic rings. The number of piperazine rings is 1. The number of thioether (sulfide) groups is 1. The van der Waals surface area contributed by atoms with Crippen molar-refractivity contribution in [2.45, 2.75) is 55.9 Å². The molecule has 0 aliphatic carbocycles. The van der Waals surface area contributed by atoms with E-state index in [1.165, 1.54) is 17.8 Å². The van der Waals surface area contributed by atoms with E-state index in [9.17, 15) is 33.6 Å². The van der Waals surface area contributed by atoms with Crippen LogP contribution in [0.1, 0.15) is 81.6 Å². The fraction of sp³-hybridized carbons (Fsp3) is 0.447. The summed E-state index contributed by atoms with van der Waals surface area (Å²) in [5.74, 6) is -1.20. The normalized spacial score (nSPS) is 18.2. The summed E-state index contributed by atoms with van der Waals surface area (Å²) in [6, 6.07) is 15.5. The van der Waals surface area contributed by atoms with Crippen LogP contribution in [-0.2, 0) is 28.7 Å². The number of carbonyl (C=O) groups is 7. The molecule has 17 heteroatoms. The first-order chi connectivity index (χ1) is 31.2. The van der Waals surface area contributed by atoms with Gasteiger partial charge in [-0.1, -0.05) is 25.0 Å². The fourth-order valence-corrected chi connectivity index (χ4v) is 9.33. The molecule has 4 aliphatic heterocycles. The first-order valence-corrected chi connectivity index (χ1v) is 23.1. The maximum atomic E-state index is 13.3. The smallest absolute Gasteiger partial charge is 0.263 e. The summed E-state index contributed by atoms with van der Waals surface area (Å²) in [5.41, 5.74) is 3.08. The number of rotatable bonds is 19. The predicted molar refractivity (Wildman–Crippen MR) is 239 cm³/mol. The lowest BCUT2D eigenvalue weighted by molar-refractivity contribution is -0.137. The number of hydrogen-bond acceptors (Lipinski definition) is 12. The lowest BCUT2D eigenvalue weighted by atomic mass is 9.91. The number of nitrogens with zero attached hydrogens (tertiary/aromatic N) is 5. The number of amides is 7. The Balaban J connectivity index is 0.722. The van der Waals surface area contributed by atoms with Gasteiger partial charge in [-0.2, -0.15) is 0 Å². The van der Waals surface area contributed by atoms with Crippen molar-refractivity contribution < 1.29 is 43.0 Å². The van der Waals surface area contributed by atoms with Crippen LogP contribution in [0.5, 0.6) is 0 Å². The second-order valence-corrected chi connectivity index (χ2v) is 17.3. The molecule has 7 rings (SSSR count). The van der Waals surface area contributed by atoms with Crippen LogP contribution in [-0.4, -0.2) is 145 Å². The Labute approximate surface area is 377 Å². The molecule has 16 nitrogen and oxygen atoms in total. The second-order valence-electron chi connectivity index (χ2n) is 16.2. The minimum absolute atomic E-state index is 0.0474. The Morgan fingerprint density at radius 3 is 2.36 bits per heavy atom. The van der Waals surface area contributed by atoms with Crippen molar-refractivity contribution in [2.24, 2.45) is 5.92 Å². The first-order valence-electron chi connectivity index (χ1n) is 22.1. The molecule has 1 atom stereocenters. The molecular weight excluding hydrogens is 839 g/mol. The minimum Gasteiger partial charge on any atom is -0.378 e. The summed E-state index contributed by atoms with van der Waals surface area (Å²) in [6.45, 7) is 5.42. The number of unbranched alkanes of at least 4 members (excludes halogenated alkanes) is 1. The van der Waals surface area contributed by atoms with E-state index < -0.39 is 29.7 Å². The third-order valence-corrected chi connectivity index (χ3v) is 13.0. The number of benzene rings is 2. The SMILES string of the molecule is O=C(/C=C/c1cccnc1)NCCCCC1CCN(C(=O)c2ccc(N3CCN(C(=O)COCCOCCSc4cccc5c4C(=O)N(C4CCC(=O)NC4=O)C5=O)CC3)cc2)CC1. The fourth-order valence-electron chi connectivity index (χ4n) is 8.40. The largest absolute Gasteiger partial charge is 0.378 e. The Morgan fingerprint density at radius 1 is 0.828 bits per heavy atom. The van der Waals surface area contributed by atoms with Gasteiger partial charge in [-0.25, -0.2) is 0 Å². The molecule has 2 aromatic carbocycles. The van der Waals surface area contributed by atoms with Crippen LogP contribution >= 0.6 is 11.8 Å². The van der Waals surface area contributed by atoms with Crippen molar-refractivity contribution in [1.29, 1.82) is 0 Å². The zero-order valence-electron chi connectivity index (χ0n) is 35.9. The van der Waals surface area contributed by atoms with Gasteiger partial charge < -0.3 is 29.5 Å². The summed E-state index contributed by atoms with van der Waals surface area (Å²) in [6.07, 6.45) is 11.9. The number of hydrogen-bond donors (Lipinski definition) is 2. The average Bonchev–Trinajstić information content (AvgIpc) is 3.58.